The van der Waals surface area contributed by atoms with Crippen molar-refractivity contribution in [3.8, 4) is 0 Å². The number of hydrogen-bond donors (Lipinski definition) is 1. The van der Waals surface area contributed by atoms with Crippen molar-refractivity contribution in [2.75, 3.05) is 0 Å². The fraction of sp³-hybridized carbons (Fsp3) is 0.375. The monoisotopic (exact) mass is 276 g/mol. The van der Waals surface area contributed by atoms with Crippen molar-refractivity contribution in [3.05, 3.63) is 57.9 Å². The minimum atomic E-state index is 0.317. The van der Waals surface area contributed by atoms with E-state index < -0.39 is 0 Å². The van der Waals surface area contributed by atoms with Crippen LogP contribution < -0.4 is 5.32 Å². The quantitative estimate of drug-likeness (QED) is 0.888. The van der Waals surface area contributed by atoms with Crippen LogP contribution in [0, 0.1) is 13.8 Å². The van der Waals surface area contributed by atoms with E-state index in [1.165, 1.54) is 22.5 Å². The summed E-state index contributed by atoms with van der Waals surface area (Å²) >= 11 is 5.91. The Labute approximate surface area is 120 Å². The van der Waals surface area contributed by atoms with E-state index in [1.54, 1.807) is 0 Å². The molecule has 2 aromatic rings. The first-order valence-corrected chi connectivity index (χ1v) is 6.97. The summed E-state index contributed by atoms with van der Waals surface area (Å²) in [5, 5.41) is 4.34. The van der Waals surface area contributed by atoms with E-state index in [2.05, 4.69) is 55.9 Å². The molecule has 1 atom stereocenters. The molecule has 0 aliphatic heterocycles. The smallest absolute Gasteiger partial charge is 0.0406 e. The second-order valence-electron chi connectivity index (χ2n) is 5.11. The van der Waals surface area contributed by atoms with Crippen LogP contribution in [0.2, 0.25) is 5.02 Å². The zero-order valence-electron chi connectivity index (χ0n) is 12.0. The fourth-order valence-corrected chi connectivity index (χ4v) is 2.37. The third kappa shape index (κ3) is 3.20. The van der Waals surface area contributed by atoms with Gasteiger partial charge in [0.25, 0.3) is 0 Å². The number of hydrogen-bond acceptors (Lipinski definition) is 1. The minimum Gasteiger partial charge on any atom is -0.352 e. The van der Waals surface area contributed by atoms with Crippen molar-refractivity contribution >= 4 is 11.6 Å². The van der Waals surface area contributed by atoms with Crippen LogP contribution in [0.5, 0.6) is 0 Å². The Balaban J connectivity index is 2.02. The van der Waals surface area contributed by atoms with Gasteiger partial charge in [-0.1, -0.05) is 23.7 Å². The summed E-state index contributed by atoms with van der Waals surface area (Å²) in [4.78, 5) is 0. The Morgan fingerprint density at radius 3 is 2.37 bits per heavy atom. The summed E-state index contributed by atoms with van der Waals surface area (Å²) in [5.74, 6) is 0. The Morgan fingerprint density at radius 2 is 1.84 bits per heavy atom. The molecular weight excluding hydrogens is 256 g/mol. The molecule has 19 heavy (non-hydrogen) atoms. The van der Waals surface area contributed by atoms with E-state index in [-0.39, 0.29) is 0 Å². The largest absolute Gasteiger partial charge is 0.352 e. The average molecular weight is 277 g/mol. The molecule has 0 unspecified atom stereocenters. The van der Waals surface area contributed by atoms with Gasteiger partial charge < -0.3 is 9.88 Å². The number of aryl methyl sites for hydroxylation is 1. The first kappa shape index (κ1) is 14.2. The molecule has 0 radical (unpaired) electrons. The van der Waals surface area contributed by atoms with Gasteiger partial charge in [0, 0.05) is 36.0 Å². The van der Waals surface area contributed by atoms with Gasteiger partial charge in [-0.2, -0.15) is 0 Å². The van der Waals surface area contributed by atoms with Gasteiger partial charge in [0.1, 0.15) is 0 Å². The molecule has 0 aliphatic carbocycles. The van der Waals surface area contributed by atoms with Crippen LogP contribution in [0.25, 0.3) is 0 Å². The SMILES string of the molecule is Cc1cc(CN[C@@H](C)c2ccc(Cl)cc2)c(C)n1C. The van der Waals surface area contributed by atoms with Gasteiger partial charge in [-0.25, -0.2) is 0 Å². The number of halogens is 1. The van der Waals surface area contributed by atoms with Gasteiger partial charge in [-0.15, -0.1) is 0 Å². The molecule has 0 aliphatic rings. The van der Waals surface area contributed by atoms with Crippen molar-refractivity contribution in [2.45, 2.75) is 33.4 Å². The average Bonchev–Trinajstić information content (AvgIpc) is 2.64. The normalized spacial score (nSPS) is 12.7. The molecule has 1 N–H and O–H groups in total. The summed E-state index contributed by atoms with van der Waals surface area (Å²) in [5.41, 5.74) is 5.25. The van der Waals surface area contributed by atoms with Gasteiger partial charge in [0.2, 0.25) is 0 Å². The summed E-state index contributed by atoms with van der Waals surface area (Å²) in [6, 6.07) is 10.6. The highest BCUT2D eigenvalue weighted by molar-refractivity contribution is 6.30. The maximum Gasteiger partial charge on any atom is 0.0406 e. The predicted octanol–water partition coefficient (Wildman–Crippen LogP) is 4.15. The maximum absolute atomic E-state index is 5.91. The van der Waals surface area contributed by atoms with Crippen molar-refractivity contribution in [2.24, 2.45) is 7.05 Å². The van der Waals surface area contributed by atoms with E-state index in [4.69, 9.17) is 11.6 Å². The second-order valence-corrected chi connectivity index (χ2v) is 5.55. The molecular formula is C16H21ClN2. The third-order valence-corrected chi connectivity index (χ3v) is 4.10. The number of rotatable bonds is 4. The minimum absolute atomic E-state index is 0.317. The van der Waals surface area contributed by atoms with Gasteiger partial charge in [0.05, 0.1) is 0 Å². The topological polar surface area (TPSA) is 17.0 Å². The van der Waals surface area contributed by atoms with E-state index in [0.717, 1.165) is 11.6 Å². The maximum atomic E-state index is 5.91. The van der Waals surface area contributed by atoms with Gasteiger partial charge in [-0.3, -0.25) is 0 Å². The molecule has 0 saturated heterocycles. The van der Waals surface area contributed by atoms with Crippen LogP contribution in [-0.4, -0.2) is 4.57 Å². The molecule has 1 aromatic heterocycles. The predicted molar refractivity (Wildman–Crippen MR) is 81.6 cm³/mol. The Hall–Kier alpha value is -1.25. The van der Waals surface area contributed by atoms with Gasteiger partial charge in [0.15, 0.2) is 0 Å². The van der Waals surface area contributed by atoms with E-state index in [9.17, 15) is 0 Å². The first-order valence-electron chi connectivity index (χ1n) is 6.59. The molecule has 0 amide bonds. The third-order valence-electron chi connectivity index (χ3n) is 3.85. The van der Waals surface area contributed by atoms with Crippen molar-refractivity contribution in [1.29, 1.82) is 0 Å². The summed E-state index contributed by atoms with van der Waals surface area (Å²) in [6.07, 6.45) is 0. The molecule has 2 rings (SSSR count). The molecule has 102 valence electrons. The summed E-state index contributed by atoms with van der Waals surface area (Å²) < 4.78 is 2.23. The molecule has 2 nitrogen and oxygen atoms in total. The summed E-state index contributed by atoms with van der Waals surface area (Å²) in [7, 11) is 2.11. The van der Waals surface area contributed by atoms with Gasteiger partial charge >= 0.3 is 0 Å². The zero-order chi connectivity index (χ0) is 14.0. The van der Waals surface area contributed by atoms with E-state index >= 15 is 0 Å². The Bertz CT molecular complexity index is 555. The lowest BCUT2D eigenvalue weighted by molar-refractivity contribution is 0.572. The first-order chi connectivity index (χ1) is 8.99. The van der Waals surface area contributed by atoms with E-state index in [0.29, 0.717) is 6.04 Å². The molecule has 1 aromatic carbocycles. The lowest BCUT2D eigenvalue weighted by Gasteiger charge is -2.14. The van der Waals surface area contributed by atoms with Crippen molar-refractivity contribution in [1.82, 2.24) is 9.88 Å². The van der Waals surface area contributed by atoms with Crippen molar-refractivity contribution < 1.29 is 0 Å². The number of aromatic nitrogens is 1. The second kappa shape index (κ2) is 5.81. The number of nitrogens with one attached hydrogen (secondary N) is 1. The molecule has 1 heterocycles. The van der Waals surface area contributed by atoms with Crippen LogP contribution in [0.3, 0.4) is 0 Å². The van der Waals surface area contributed by atoms with Crippen LogP contribution in [-0.2, 0) is 13.6 Å². The number of nitrogens with zero attached hydrogens (tertiary/aromatic N) is 1. The fourth-order valence-electron chi connectivity index (χ4n) is 2.24. The highest BCUT2D eigenvalue weighted by Gasteiger charge is 2.09. The molecule has 0 spiro atoms. The van der Waals surface area contributed by atoms with E-state index in [1.807, 2.05) is 12.1 Å². The van der Waals surface area contributed by atoms with Crippen LogP contribution in [0.15, 0.2) is 30.3 Å². The molecule has 0 bridgehead atoms. The highest BCUT2D eigenvalue weighted by Crippen LogP contribution is 2.18. The van der Waals surface area contributed by atoms with Gasteiger partial charge in [-0.05, 0) is 50.1 Å². The lowest BCUT2D eigenvalue weighted by atomic mass is 10.1. The molecule has 0 saturated carbocycles. The summed E-state index contributed by atoms with van der Waals surface area (Å²) in [6.45, 7) is 7.36. The highest BCUT2D eigenvalue weighted by atomic mass is 35.5. The molecule has 3 heteroatoms. The number of benzene rings is 1. The zero-order valence-corrected chi connectivity index (χ0v) is 12.8. The van der Waals surface area contributed by atoms with Crippen LogP contribution >= 0.6 is 11.6 Å². The lowest BCUT2D eigenvalue weighted by Crippen LogP contribution is -2.18. The Morgan fingerprint density at radius 1 is 1.21 bits per heavy atom. The molecule has 0 fully saturated rings. The standard InChI is InChI=1S/C16H21ClN2/c1-11-9-15(13(3)19(11)4)10-18-12(2)14-5-7-16(17)8-6-14/h5-9,12,18H,10H2,1-4H3/t12-/m0/s1. The van der Waals surface area contributed by atoms with Crippen LogP contribution in [0.1, 0.15) is 35.5 Å². The van der Waals surface area contributed by atoms with Crippen molar-refractivity contribution in [3.63, 3.8) is 0 Å². The Kier molecular flexibility index (Phi) is 4.33. The van der Waals surface area contributed by atoms with Crippen LogP contribution in [0.4, 0.5) is 0 Å².